The maximum Gasteiger partial charge on any atom is 0.341 e. The zero-order valence-electron chi connectivity index (χ0n) is 10.1. The number of methoxy groups -OCH3 is 1. The normalized spacial score (nSPS) is 22.7. The van der Waals surface area contributed by atoms with E-state index >= 15 is 0 Å². The molecule has 0 unspecified atom stereocenters. The van der Waals surface area contributed by atoms with E-state index in [1.807, 2.05) is 0 Å². The highest BCUT2D eigenvalue weighted by molar-refractivity contribution is 5.95. The number of esters is 1. The number of pyridine rings is 1. The van der Waals surface area contributed by atoms with Crippen LogP contribution in [0.5, 0.6) is 0 Å². The predicted octanol–water partition coefficient (Wildman–Crippen LogP) is 1.66. The standard InChI is InChI=1S/C12H17N3O2/c1-7-3-9(4-7)15-11-10(12(16)17-2)5-8(13)6-14-11/h5-7,9H,3-4,13H2,1-2H3,(H,14,15). The number of nitrogens with zero attached hydrogens (tertiary/aromatic N) is 1. The Morgan fingerprint density at radius 2 is 2.29 bits per heavy atom. The molecule has 0 saturated heterocycles. The molecule has 0 aromatic carbocycles. The molecule has 0 bridgehead atoms. The van der Waals surface area contributed by atoms with Crippen LogP contribution in [0.1, 0.15) is 30.1 Å². The molecule has 2 rings (SSSR count). The number of carbonyl (C=O) groups excluding carboxylic acids is 1. The molecule has 1 saturated carbocycles. The van der Waals surface area contributed by atoms with Gasteiger partial charge in [0, 0.05) is 6.04 Å². The van der Waals surface area contributed by atoms with Gasteiger partial charge in [0.15, 0.2) is 0 Å². The van der Waals surface area contributed by atoms with Crippen molar-refractivity contribution in [3.05, 3.63) is 17.8 Å². The fourth-order valence-electron chi connectivity index (χ4n) is 2.08. The molecule has 1 aliphatic carbocycles. The minimum Gasteiger partial charge on any atom is -0.465 e. The number of hydrogen-bond acceptors (Lipinski definition) is 5. The molecule has 0 amide bonds. The van der Waals surface area contributed by atoms with Crippen LogP contribution in [-0.4, -0.2) is 24.1 Å². The van der Waals surface area contributed by atoms with Gasteiger partial charge < -0.3 is 15.8 Å². The predicted molar refractivity (Wildman–Crippen MR) is 65.8 cm³/mol. The fraction of sp³-hybridized carbons (Fsp3) is 0.500. The number of nitrogens with two attached hydrogens (primary N) is 1. The Bertz CT molecular complexity index is 428. The van der Waals surface area contributed by atoms with Crippen molar-refractivity contribution in [2.75, 3.05) is 18.2 Å². The summed E-state index contributed by atoms with van der Waals surface area (Å²) in [5.41, 5.74) is 6.47. The lowest BCUT2D eigenvalue weighted by Gasteiger charge is -2.34. The van der Waals surface area contributed by atoms with Crippen LogP contribution in [0.4, 0.5) is 11.5 Å². The Hall–Kier alpha value is -1.78. The molecule has 5 nitrogen and oxygen atoms in total. The van der Waals surface area contributed by atoms with Crippen LogP contribution in [0.3, 0.4) is 0 Å². The van der Waals surface area contributed by atoms with E-state index in [0.29, 0.717) is 23.1 Å². The van der Waals surface area contributed by atoms with Crippen LogP contribution in [-0.2, 0) is 4.74 Å². The Morgan fingerprint density at radius 1 is 1.59 bits per heavy atom. The number of ether oxygens (including phenoxy) is 1. The first-order valence-corrected chi connectivity index (χ1v) is 5.70. The number of nitrogens with one attached hydrogen (secondary N) is 1. The van der Waals surface area contributed by atoms with E-state index in [1.54, 1.807) is 6.07 Å². The van der Waals surface area contributed by atoms with Gasteiger partial charge in [-0.05, 0) is 24.8 Å². The molecular formula is C12H17N3O2. The summed E-state index contributed by atoms with van der Waals surface area (Å²) in [6, 6.07) is 1.98. The Morgan fingerprint density at radius 3 is 2.88 bits per heavy atom. The second-order valence-corrected chi connectivity index (χ2v) is 4.57. The molecule has 1 fully saturated rings. The van der Waals surface area contributed by atoms with Crippen molar-refractivity contribution in [2.24, 2.45) is 5.92 Å². The van der Waals surface area contributed by atoms with Crippen molar-refractivity contribution in [1.29, 1.82) is 0 Å². The molecule has 1 aromatic heterocycles. The Kier molecular flexibility index (Phi) is 3.17. The monoisotopic (exact) mass is 235 g/mol. The van der Waals surface area contributed by atoms with Crippen molar-refractivity contribution in [3.8, 4) is 0 Å². The number of carbonyl (C=O) groups is 1. The first-order chi connectivity index (χ1) is 8.10. The molecule has 1 aliphatic rings. The minimum atomic E-state index is -0.417. The Labute approximate surface area is 100 Å². The van der Waals surface area contributed by atoms with Crippen LogP contribution >= 0.6 is 0 Å². The summed E-state index contributed by atoms with van der Waals surface area (Å²) in [6.07, 6.45) is 3.75. The van der Waals surface area contributed by atoms with Gasteiger partial charge in [0.05, 0.1) is 19.0 Å². The molecule has 5 heteroatoms. The van der Waals surface area contributed by atoms with Gasteiger partial charge >= 0.3 is 5.97 Å². The Balaban J connectivity index is 2.17. The zero-order chi connectivity index (χ0) is 12.4. The molecule has 0 aliphatic heterocycles. The van der Waals surface area contributed by atoms with Gasteiger partial charge in [0.25, 0.3) is 0 Å². The summed E-state index contributed by atoms with van der Waals surface area (Å²) < 4.78 is 4.71. The van der Waals surface area contributed by atoms with Gasteiger partial charge in [0.1, 0.15) is 11.4 Å². The summed E-state index contributed by atoms with van der Waals surface area (Å²) in [7, 11) is 1.35. The van der Waals surface area contributed by atoms with Crippen LogP contribution < -0.4 is 11.1 Å². The van der Waals surface area contributed by atoms with Gasteiger partial charge in [-0.3, -0.25) is 0 Å². The fourth-order valence-corrected chi connectivity index (χ4v) is 2.08. The summed E-state index contributed by atoms with van der Waals surface area (Å²) >= 11 is 0. The average molecular weight is 235 g/mol. The largest absolute Gasteiger partial charge is 0.465 e. The molecule has 92 valence electrons. The zero-order valence-corrected chi connectivity index (χ0v) is 10.1. The van der Waals surface area contributed by atoms with E-state index < -0.39 is 5.97 Å². The molecule has 1 aromatic rings. The number of rotatable bonds is 3. The first kappa shape index (κ1) is 11.7. The second-order valence-electron chi connectivity index (χ2n) is 4.57. The quantitative estimate of drug-likeness (QED) is 0.779. The molecule has 0 radical (unpaired) electrons. The van der Waals surface area contributed by atoms with E-state index in [0.717, 1.165) is 18.8 Å². The summed E-state index contributed by atoms with van der Waals surface area (Å²) in [5.74, 6) is 0.880. The van der Waals surface area contributed by atoms with Gasteiger partial charge in [-0.2, -0.15) is 0 Å². The summed E-state index contributed by atoms with van der Waals surface area (Å²) in [4.78, 5) is 15.7. The van der Waals surface area contributed by atoms with E-state index in [1.165, 1.54) is 13.3 Å². The maximum atomic E-state index is 11.6. The van der Waals surface area contributed by atoms with Gasteiger partial charge in [-0.25, -0.2) is 9.78 Å². The van der Waals surface area contributed by atoms with Gasteiger partial charge in [0.2, 0.25) is 0 Å². The highest BCUT2D eigenvalue weighted by Crippen LogP contribution is 2.30. The molecule has 1 heterocycles. The number of aromatic nitrogens is 1. The third-order valence-electron chi connectivity index (χ3n) is 3.03. The maximum absolute atomic E-state index is 11.6. The lowest BCUT2D eigenvalue weighted by atomic mass is 9.82. The third kappa shape index (κ3) is 2.49. The van der Waals surface area contributed by atoms with Crippen LogP contribution in [0, 0.1) is 5.92 Å². The van der Waals surface area contributed by atoms with E-state index in [2.05, 4.69) is 17.2 Å². The summed E-state index contributed by atoms with van der Waals surface area (Å²) in [6.45, 7) is 2.20. The van der Waals surface area contributed by atoms with Crippen LogP contribution in [0.2, 0.25) is 0 Å². The molecule has 17 heavy (non-hydrogen) atoms. The SMILES string of the molecule is COC(=O)c1cc(N)cnc1NC1CC(C)C1. The van der Waals surface area contributed by atoms with Crippen LogP contribution in [0.15, 0.2) is 12.3 Å². The molecule has 3 N–H and O–H groups in total. The first-order valence-electron chi connectivity index (χ1n) is 5.70. The molecule has 0 atom stereocenters. The van der Waals surface area contributed by atoms with Crippen molar-refractivity contribution in [2.45, 2.75) is 25.8 Å². The van der Waals surface area contributed by atoms with Gasteiger partial charge in [-0.1, -0.05) is 6.92 Å². The van der Waals surface area contributed by atoms with Crippen molar-refractivity contribution < 1.29 is 9.53 Å². The second kappa shape index (κ2) is 4.61. The lowest BCUT2D eigenvalue weighted by Crippen LogP contribution is -2.34. The van der Waals surface area contributed by atoms with Crippen LogP contribution in [0.25, 0.3) is 0 Å². The van der Waals surface area contributed by atoms with E-state index in [-0.39, 0.29) is 0 Å². The van der Waals surface area contributed by atoms with E-state index in [9.17, 15) is 4.79 Å². The third-order valence-corrected chi connectivity index (χ3v) is 3.03. The average Bonchev–Trinajstić information content (AvgIpc) is 2.28. The molecule has 0 spiro atoms. The minimum absolute atomic E-state index is 0.393. The van der Waals surface area contributed by atoms with Crippen molar-refractivity contribution in [3.63, 3.8) is 0 Å². The molecular weight excluding hydrogens is 218 g/mol. The van der Waals surface area contributed by atoms with Gasteiger partial charge in [-0.15, -0.1) is 0 Å². The van der Waals surface area contributed by atoms with E-state index in [4.69, 9.17) is 10.5 Å². The number of nitrogen functional groups attached to an aromatic ring is 1. The van der Waals surface area contributed by atoms with Crippen molar-refractivity contribution >= 4 is 17.5 Å². The number of anilines is 2. The topological polar surface area (TPSA) is 77.2 Å². The highest BCUT2D eigenvalue weighted by Gasteiger charge is 2.27. The highest BCUT2D eigenvalue weighted by atomic mass is 16.5. The van der Waals surface area contributed by atoms with Crippen molar-refractivity contribution in [1.82, 2.24) is 4.98 Å². The lowest BCUT2D eigenvalue weighted by molar-refractivity contribution is 0.0601. The summed E-state index contributed by atoms with van der Waals surface area (Å²) in [5, 5.41) is 3.25. The smallest absolute Gasteiger partial charge is 0.341 e. The number of hydrogen-bond donors (Lipinski definition) is 2.